The fraction of sp³-hybridized carbons (Fsp3) is 0.0893. The molecule has 0 saturated heterocycles. The Labute approximate surface area is 357 Å². The van der Waals surface area contributed by atoms with Crippen molar-refractivity contribution in [1.82, 2.24) is 5.32 Å². The maximum atomic E-state index is 5.52. The van der Waals surface area contributed by atoms with E-state index in [1.165, 1.54) is 90.4 Å². The fourth-order valence-corrected chi connectivity index (χ4v) is 12.0. The molecule has 1 aliphatic carbocycles. The third-order valence-corrected chi connectivity index (χ3v) is 15.1. The summed E-state index contributed by atoms with van der Waals surface area (Å²) in [6.45, 7) is 2.87. The van der Waals surface area contributed by atoms with E-state index in [-0.39, 0.29) is 6.04 Å². The number of aliphatic imine (C=N–C) groups is 1. The first-order valence-electron chi connectivity index (χ1n) is 20.9. The molecule has 286 valence electrons. The molecule has 0 bridgehead atoms. The lowest BCUT2D eigenvalue weighted by molar-refractivity contribution is 0.651. The molecule has 12 rings (SSSR count). The number of nitrogens with one attached hydrogen (secondary N) is 1. The second-order valence-corrected chi connectivity index (χ2v) is 18.4. The molecule has 2 unspecified atom stereocenters. The highest BCUT2D eigenvalue weighted by Gasteiger charge is 2.27. The lowest BCUT2D eigenvalue weighted by Crippen LogP contribution is -2.22. The molecule has 2 atom stereocenters. The van der Waals surface area contributed by atoms with E-state index in [1.807, 2.05) is 22.7 Å². The molecule has 4 heteroatoms. The zero-order valence-corrected chi connectivity index (χ0v) is 34.8. The lowest BCUT2D eigenvalue weighted by atomic mass is 9.75. The molecule has 2 aromatic heterocycles. The van der Waals surface area contributed by atoms with Crippen LogP contribution in [0.15, 0.2) is 193 Å². The minimum absolute atomic E-state index is 0.00736. The molecule has 60 heavy (non-hydrogen) atoms. The monoisotopic (exact) mass is 804 g/mol. The molecule has 0 amide bonds. The van der Waals surface area contributed by atoms with Gasteiger partial charge in [-0.15, -0.1) is 22.7 Å². The summed E-state index contributed by atoms with van der Waals surface area (Å²) in [5, 5.41) is 9.32. The zero-order chi connectivity index (χ0) is 39.7. The van der Waals surface area contributed by atoms with Crippen LogP contribution >= 0.6 is 22.7 Å². The summed E-state index contributed by atoms with van der Waals surface area (Å²) in [6.07, 6.45) is 0.997. The molecule has 2 aliphatic rings. The predicted molar refractivity (Wildman–Crippen MR) is 258 cm³/mol. The Morgan fingerprint density at radius 2 is 1.13 bits per heavy atom. The van der Waals surface area contributed by atoms with Crippen molar-refractivity contribution in [3.63, 3.8) is 0 Å². The summed E-state index contributed by atoms with van der Waals surface area (Å²) in [6, 6.07) is 67.6. The quantitative estimate of drug-likeness (QED) is 0.184. The summed E-state index contributed by atoms with van der Waals surface area (Å²) in [5.41, 5.74) is 16.2. The summed E-state index contributed by atoms with van der Waals surface area (Å²) in [5.74, 6) is 0.296. The van der Waals surface area contributed by atoms with Crippen LogP contribution in [0.4, 0.5) is 0 Å². The van der Waals surface area contributed by atoms with E-state index in [0.29, 0.717) is 12.5 Å². The molecular weight excluding hydrogens is 765 g/mol. The van der Waals surface area contributed by atoms with Crippen molar-refractivity contribution in [2.24, 2.45) is 4.99 Å². The topological polar surface area (TPSA) is 24.4 Å². The van der Waals surface area contributed by atoms with Gasteiger partial charge in [-0.1, -0.05) is 133 Å². The van der Waals surface area contributed by atoms with Gasteiger partial charge in [0.15, 0.2) is 0 Å². The van der Waals surface area contributed by atoms with Gasteiger partial charge in [0.1, 0.15) is 0 Å². The molecule has 8 aromatic carbocycles. The van der Waals surface area contributed by atoms with Gasteiger partial charge in [0.05, 0.1) is 18.3 Å². The second kappa shape index (κ2) is 14.3. The van der Waals surface area contributed by atoms with Crippen molar-refractivity contribution in [2.75, 3.05) is 6.54 Å². The highest BCUT2D eigenvalue weighted by atomic mass is 32.1. The van der Waals surface area contributed by atoms with Crippen molar-refractivity contribution >= 4 is 74.4 Å². The van der Waals surface area contributed by atoms with E-state index in [0.717, 1.165) is 29.0 Å². The maximum absolute atomic E-state index is 5.52. The Morgan fingerprint density at radius 3 is 1.95 bits per heavy atom. The third-order valence-electron chi connectivity index (χ3n) is 12.8. The van der Waals surface area contributed by atoms with Crippen LogP contribution in [0.5, 0.6) is 0 Å². The van der Waals surface area contributed by atoms with Crippen molar-refractivity contribution in [3.05, 3.63) is 221 Å². The number of nitrogens with zero attached hydrogens (tertiary/aromatic N) is 1. The van der Waals surface area contributed by atoms with Gasteiger partial charge in [0.2, 0.25) is 0 Å². The second-order valence-electron chi connectivity index (χ2n) is 16.3. The molecule has 3 heterocycles. The number of rotatable bonds is 5. The van der Waals surface area contributed by atoms with Crippen LogP contribution in [0.3, 0.4) is 0 Å². The highest BCUT2D eigenvalue weighted by molar-refractivity contribution is 7.26. The van der Waals surface area contributed by atoms with Crippen LogP contribution in [0.2, 0.25) is 0 Å². The predicted octanol–water partition coefficient (Wildman–Crippen LogP) is 15.0. The van der Waals surface area contributed by atoms with Crippen LogP contribution in [-0.2, 0) is 6.42 Å². The maximum Gasteiger partial charge on any atom is 0.0710 e. The van der Waals surface area contributed by atoms with Crippen molar-refractivity contribution in [2.45, 2.75) is 25.3 Å². The molecule has 0 radical (unpaired) electrons. The standard InChI is InChI=1S/C56H40N2S2/c1-34-55(40-16-11-15-36(28-40)37-22-25-43-42-17-6-5-14-38(42)30-46(47(43)29-37)35-12-3-2-4-13-35)57-33-50(39-23-26-53-48(31-39)44-18-7-9-20-51(44)59-53)58-56(34)41-24-27-54-49(32-41)45-19-8-10-21-52(45)60-54/h2-29,31-32,46,50,58H,30,33H2,1H3. The normalized spacial score (nSPS) is 16.4. The minimum Gasteiger partial charge on any atom is -0.376 e. The molecule has 2 nitrogen and oxygen atoms in total. The zero-order valence-electron chi connectivity index (χ0n) is 33.2. The molecule has 1 N–H and O–H groups in total. The highest BCUT2D eigenvalue weighted by Crippen LogP contribution is 2.45. The summed E-state index contributed by atoms with van der Waals surface area (Å²) >= 11 is 3.73. The number of thiophene rings is 2. The number of allylic oxidation sites excluding steroid dienone is 1. The lowest BCUT2D eigenvalue weighted by Gasteiger charge is -2.29. The first-order chi connectivity index (χ1) is 29.6. The average Bonchev–Trinajstić information content (AvgIpc) is 3.82. The van der Waals surface area contributed by atoms with Crippen LogP contribution in [0, 0.1) is 0 Å². The summed E-state index contributed by atoms with van der Waals surface area (Å²) in [7, 11) is 0. The Balaban J connectivity index is 0.984. The van der Waals surface area contributed by atoms with Crippen LogP contribution in [-0.4, -0.2) is 12.3 Å². The molecule has 0 saturated carbocycles. The van der Waals surface area contributed by atoms with E-state index in [9.17, 15) is 0 Å². The van der Waals surface area contributed by atoms with Crippen molar-refractivity contribution in [3.8, 4) is 22.3 Å². The fourth-order valence-electron chi connectivity index (χ4n) is 9.78. The Hall–Kier alpha value is -6.59. The van der Waals surface area contributed by atoms with Gasteiger partial charge in [-0.3, -0.25) is 4.99 Å². The van der Waals surface area contributed by atoms with Gasteiger partial charge >= 0.3 is 0 Å². The first kappa shape index (κ1) is 35.4. The van der Waals surface area contributed by atoms with E-state index in [4.69, 9.17) is 4.99 Å². The number of benzene rings is 8. The molecular formula is C56H40N2S2. The Bertz CT molecular complexity index is 3380. The van der Waals surface area contributed by atoms with Gasteiger partial charge in [0, 0.05) is 57.5 Å². The summed E-state index contributed by atoms with van der Waals surface area (Å²) in [4.78, 5) is 5.52. The van der Waals surface area contributed by atoms with Gasteiger partial charge in [-0.05, 0) is 118 Å². The SMILES string of the molecule is CC1=C(c2ccc3sc4ccccc4c3c2)NC(c2ccc3sc4ccccc4c3c2)CN=C1c1cccc(-c2ccc3c(c2)C(c2ccccc2)Cc2ccccc2-3)c1. The summed E-state index contributed by atoms with van der Waals surface area (Å²) < 4.78 is 5.27. The average molecular weight is 805 g/mol. The van der Waals surface area contributed by atoms with Crippen molar-refractivity contribution < 1.29 is 0 Å². The molecule has 1 aliphatic heterocycles. The van der Waals surface area contributed by atoms with Gasteiger partial charge < -0.3 is 5.32 Å². The molecule has 0 fully saturated rings. The largest absolute Gasteiger partial charge is 0.376 e. The van der Waals surface area contributed by atoms with E-state index < -0.39 is 0 Å². The van der Waals surface area contributed by atoms with Gasteiger partial charge in [-0.25, -0.2) is 0 Å². The minimum atomic E-state index is -0.00736. The van der Waals surface area contributed by atoms with E-state index in [2.05, 4.69) is 194 Å². The third kappa shape index (κ3) is 5.93. The van der Waals surface area contributed by atoms with Gasteiger partial charge in [0.25, 0.3) is 0 Å². The Kier molecular flexibility index (Phi) is 8.43. The van der Waals surface area contributed by atoms with E-state index >= 15 is 0 Å². The van der Waals surface area contributed by atoms with Crippen LogP contribution < -0.4 is 5.32 Å². The molecule has 10 aromatic rings. The Morgan fingerprint density at radius 1 is 0.483 bits per heavy atom. The number of hydrogen-bond acceptors (Lipinski definition) is 4. The first-order valence-corrected chi connectivity index (χ1v) is 22.5. The molecule has 0 spiro atoms. The van der Waals surface area contributed by atoms with Crippen molar-refractivity contribution in [1.29, 1.82) is 0 Å². The van der Waals surface area contributed by atoms with Crippen LogP contribution in [0.1, 0.15) is 52.3 Å². The number of fused-ring (bicyclic) bond motifs is 9. The smallest absolute Gasteiger partial charge is 0.0710 e. The van der Waals surface area contributed by atoms with Crippen LogP contribution in [0.25, 0.3) is 68.3 Å². The van der Waals surface area contributed by atoms with Gasteiger partial charge in [-0.2, -0.15) is 0 Å². The number of hydrogen-bond donors (Lipinski definition) is 1. The van der Waals surface area contributed by atoms with E-state index in [1.54, 1.807) is 0 Å².